The molecule has 1 fully saturated rings. The maximum atomic E-state index is 12.9. The van der Waals surface area contributed by atoms with Crippen LogP contribution in [-0.4, -0.2) is 131 Å². The number of unbranched alkanes of at least 4 members (excludes halogenated alkanes) is 6. The normalized spacial score (nSPS) is 16.8. The fourth-order valence-corrected chi connectivity index (χ4v) is 11.3. The summed E-state index contributed by atoms with van der Waals surface area (Å²) in [7, 11) is 2.20. The van der Waals surface area contributed by atoms with Gasteiger partial charge < -0.3 is 43.3 Å². The Kier molecular flexibility index (Phi) is 19.2. The Balaban J connectivity index is 0.000000186. The number of aromatic nitrogens is 4. The summed E-state index contributed by atoms with van der Waals surface area (Å²) in [6.07, 6.45) is 15.8. The van der Waals surface area contributed by atoms with Gasteiger partial charge in [0.05, 0.1) is 32.8 Å². The molecule has 76 heavy (non-hydrogen) atoms. The minimum atomic E-state index is -0.303. The molecule has 0 aliphatic carbocycles. The molecule has 404 valence electrons. The lowest BCUT2D eigenvalue weighted by molar-refractivity contribution is 0.0924. The van der Waals surface area contributed by atoms with E-state index in [1.165, 1.54) is 69.5 Å². The van der Waals surface area contributed by atoms with Crippen LogP contribution in [0.4, 0.5) is 9.59 Å². The van der Waals surface area contributed by atoms with Crippen LogP contribution in [0.15, 0.2) is 104 Å². The molecular weight excluding hydrogens is 1000 g/mol. The van der Waals surface area contributed by atoms with Crippen LogP contribution >= 0.6 is 23.2 Å². The molecule has 7 aromatic rings. The first-order valence-corrected chi connectivity index (χ1v) is 28.2. The number of aryl methyl sites for hydroxylation is 1. The van der Waals surface area contributed by atoms with Crippen molar-refractivity contribution in [3.05, 3.63) is 147 Å². The summed E-state index contributed by atoms with van der Waals surface area (Å²) in [5.74, 6) is 1.70. The van der Waals surface area contributed by atoms with Crippen molar-refractivity contribution in [2.24, 2.45) is 0 Å². The fraction of sp³-hybridized carbons (Fsp3) is 0.450. The van der Waals surface area contributed by atoms with Crippen LogP contribution < -0.4 is 9.47 Å². The molecule has 0 spiro atoms. The molecule has 10 rings (SSSR count). The number of likely N-dealkylation sites (N-methyl/N-ethyl adjacent to an activating group) is 1. The predicted octanol–water partition coefficient (Wildman–Crippen LogP) is 12.9. The molecule has 3 aromatic heterocycles. The van der Waals surface area contributed by atoms with Crippen molar-refractivity contribution in [3.8, 4) is 11.5 Å². The predicted molar refractivity (Wildman–Crippen MR) is 302 cm³/mol. The SMILES string of the molecule is CCOC(=O)N1CCc2c([nH]c3ccc(Cl)cc23)C1c1ccc(OCCCCCCN2CCN(C)CC2)cc1.CCOC(=O)N1CCc2c([nH]c3ccc(Cl)cc23)C1c1ccc(OCCCCCCn2ccnc2)cc1. The van der Waals surface area contributed by atoms with Gasteiger partial charge in [-0.2, -0.15) is 0 Å². The highest BCUT2D eigenvalue weighted by molar-refractivity contribution is 6.31. The van der Waals surface area contributed by atoms with Gasteiger partial charge in [-0.3, -0.25) is 9.80 Å². The molecule has 0 radical (unpaired) electrons. The molecular formula is C60H74Cl2N8O6. The smallest absolute Gasteiger partial charge is 0.410 e. The van der Waals surface area contributed by atoms with Gasteiger partial charge in [0, 0.05) is 101 Å². The Morgan fingerprint density at radius 3 is 1.53 bits per heavy atom. The van der Waals surface area contributed by atoms with Gasteiger partial charge in [0.2, 0.25) is 0 Å². The van der Waals surface area contributed by atoms with Crippen LogP contribution in [0.2, 0.25) is 10.0 Å². The molecule has 14 nitrogen and oxygen atoms in total. The molecule has 16 heteroatoms. The number of halogens is 2. The van der Waals surface area contributed by atoms with E-state index in [2.05, 4.69) is 48.5 Å². The third kappa shape index (κ3) is 13.7. The fourth-order valence-electron chi connectivity index (χ4n) is 10.9. The van der Waals surface area contributed by atoms with Crippen molar-refractivity contribution in [2.75, 3.05) is 79.3 Å². The van der Waals surface area contributed by atoms with Gasteiger partial charge in [-0.1, -0.05) is 73.2 Å². The van der Waals surface area contributed by atoms with E-state index < -0.39 is 0 Å². The molecule has 1 saturated heterocycles. The number of imidazole rings is 1. The first-order chi connectivity index (χ1) is 37.2. The van der Waals surface area contributed by atoms with Gasteiger partial charge in [-0.25, -0.2) is 14.6 Å². The molecule has 2 N–H and O–H groups in total. The third-order valence-electron chi connectivity index (χ3n) is 14.9. The summed E-state index contributed by atoms with van der Waals surface area (Å²) in [5.41, 5.74) is 8.55. The summed E-state index contributed by atoms with van der Waals surface area (Å²) >= 11 is 12.6. The third-order valence-corrected chi connectivity index (χ3v) is 15.4. The molecule has 3 aliphatic heterocycles. The Labute approximate surface area is 457 Å². The zero-order valence-corrected chi connectivity index (χ0v) is 45.9. The number of carbonyl (C=O) groups is 2. The first kappa shape index (κ1) is 54.6. The largest absolute Gasteiger partial charge is 0.494 e. The number of benzene rings is 4. The molecule has 4 aromatic carbocycles. The van der Waals surface area contributed by atoms with Crippen LogP contribution in [0.3, 0.4) is 0 Å². The second kappa shape index (κ2) is 26.7. The molecule has 6 heterocycles. The second-order valence-corrected chi connectivity index (χ2v) is 21.0. The van der Waals surface area contributed by atoms with Crippen LogP contribution in [0, 0.1) is 0 Å². The quantitative estimate of drug-likeness (QED) is 0.0716. The number of carbonyl (C=O) groups excluding carboxylic acids is 2. The average Bonchev–Trinajstić information content (AvgIpc) is 4.21. The van der Waals surface area contributed by atoms with E-state index in [0.29, 0.717) is 43.0 Å². The number of H-pyrrole nitrogens is 2. The van der Waals surface area contributed by atoms with Crippen molar-refractivity contribution in [1.29, 1.82) is 0 Å². The number of rotatable bonds is 20. The minimum Gasteiger partial charge on any atom is -0.494 e. The van der Waals surface area contributed by atoms with Crippen molar-refractivity contribution in [3.63, 3.8) is 0 Å². The molecule has 0 saturated carbocycles. The van der Waals surface area contributed by atoms with E-state index >= 15 is 0 Å². The topological polar surface area (TPSA) is 133 Å². The zero-order valence-electron chi connectivity index (χ0n) is 44.4. The second-order valence-electron chi connectivity index (χ2n) is 20.1. The minimum absolute atomic E-state index is 0.256. The monoisotopic (exact) mass is 1070 g/mol. The maximum Gasteiger partial charge on any atom is 0.410 e. The van der Waals surface area contributed by atoms with Crippen molar-refractivity contribution < 1.29 is 28.5 Å². The highest BCUT2D eigenvalue weighted by atomic mass is 35.5. The molecule has 2 amide bonds. The number of nitrogens with one attached hydrogen (secondary N) is 2. The van der Waals surface area contributed by atoms with Gasteiger partial charge in [0.25, 0.3) is 0 Å². The van der Waals surface area contributed by atoms with E-state index in [-0.39, 0.29) is 24.3 Å². The Morgan fingerprint density at radius 1 is 0.592 bits per heavy atom. The number of hydrogen-bond acceptors (Lipinski definition) is 9. The lowest BCUT2D eigenvalue weighted by Crippen LogP contribution is -2.44. The van der Waals surface area contributed by atoms with E-state index in [9.17, 15) is 9.59 Å². The Morgan fingerprint density at radius 2 is 1.07 bits per heavy atom. The number of fused-ring (bicyclic) bond motifs is 6. The van der Waals surface area contributed by atoms with Crippen LogP contribution in [-0.2, 0) is 28.9 Å². The van der Waals surface area contributed by atoms with Gasteiger partial charge in [0.15, 0.2) is 0 Å². The average molecular weight is 1070 g/mol. The summed E-state index contributed by atoms with van der Waals surface area (Å²) in [5, 5.41) is 3.65. The molecule has 3 aliphatic rings. The van der Waals surface area contributed by atoms with Crippen molar-refractivity contribution >= 4 is 57.2 Å². The number of piperazine rings is 1. The van der Waals surface area contributed by atoms with E-state index in [0.717, 1.165) is 107 Å². The Bertz CT molecular complexity index is 2950. The number of amides is 2. The lowest BCUT2D eigenvalue weighted by atomic mass is 9.92. The van der Waals surface area contributed by atoms with Crippen LogP contribution in [0.5, 0.6) is 11.5 Å². The van der Waals surface area contributed by atoms with Crippen molar-refractivity contribution in [1.82, 2.24) is 39.1 Å². The highest BCUT2D eigenvalue weighted by Gasteiger charge is 2.37. The highest BCUT2D eigenvalue weighted by Crippen LogP contribution is 2.42. The van der Waals surface area contributed by atoms with E-state index in [1.54, 1.807) is 0 Å². The summed E-state index contributed by atoms with van der Waals surface area (Å²) in [6, 6.07) is 27.5. The van der Waals surface area contributed by atoms with Gasteiger partial charge in [0.1, 0.15) is 23.6 Å². The van der Waals surface area contributed by atoms with Crippen molar-refractivity contribution in [2.45, 2.75) is 96.7 Å². The number of aromatic amines is 2. The summed E-state index contributed by atoms with van der Waals surface area (Å²) in [6.45, 7) is 13.9. The summed E-state index contributed by atoms with van der Waals surface area (Å²) in [4.78, 5) is 45.6. The lowest BCUT2D eigenvalue weighted by Gasteiger charge is -2.35. The summed E-state index contributed by atoms with van der Waals surface area (Å²) < 4.78 is 25.0. The first-order valence-electron chi connectivity index (χ1n) is 27.5. The van der Waals surface area contributed by atoms with Gasteiger partial charge in [-0.05, 0) is 149 Å². The van der Waals surface area contributed by atoms with Crippen LogP contribution in [0.25, 0.3) is 21.8 Å². The van der Waals surface area contributed by atoms with Gasteiger partial charge in [-0.15, -0.1) is 0 Å². The molecule has 0 bridgehead atoms. The standard InChI is InChI=1S/C31H41ClN4O3.C29H33ClN4O3/c1-3-38-31(37)36-16-14-26-27-22-24(32)10-13-28(27)33-29(26)30(36)23-8-11-25(12-9-23)39-21-7-5-4-6-15-35-19-17-34(2)18-20-35;1-2-36-29(35)34-16-13-24-25-19-22(30)9-12-26(25)32-27(24)28(34)21-7-10-23(11-8-21)37-18-6-4-3-5-15-33-17-14-31-20-33/h8-13,22,30,33H,3-7,14-21H2,1-2H3;7-12,14,17,19-20,28,32H,2-6,13,15-16,18H2,1H3. The number of nitrogens with zero attached hydrogens (tertiary/aromatic N) is 6. The van der Waals surface area contributed by atoms with Gasteiger partial charge >= 0.3 is 12.2 Å². The van der Waals surface area contributed by atoms with E-state index in [4.69, 9.17) is 42.1 Å². The maximum absolute atomic E-state index is 12.9. The van der Waals surface area contributed by atoms with E-state index in [1.807, 2.05) is 115 Å². The molecule has 2 unspecified atom stereocenters. The molecule has 2 atom stereocenters. The zero-order chi connectivity index (χ0) is 52.8. The number of hydrogen-bond donors (Lipinski definition) is 2. The Hall–Kier alpha value is -6.19. The number of ether oxygens (including phenoxy) is 4. The van der Waals surface area contributed by atoms with Crippen LogP contribution in [0.1, 0.15) is 111 Å².